The Kier molecular flexibility index (Phi) is 5.41. The number of fused-ring (bicyclic) bond motifs is 2. The molecule has 1 atom stereocenters. The fraction of sp³-hybridized carbons (Fsp3) is 0.381. The predicted molar refractivity (Wildman–Crippen MR) is 120 cm³/mol. The standard InChI is InChI=1S/C21H24N6O4S/c1-26-7-4-15-10-14(2-3-19(15)26)17-11-18-20(24-6-5-23-18)21(25-17)31-13-16-12-27(8-9-30-16)32(22,28)29/h2-3,5-6,10-11,16H,4,7-9,12-13H2,1H3,(H2,22,28,29)/t16-/m0/s1. The molecule has 168 valence electrons. The third-order valence-electron chi connectivity index (χ3n) is 5.79. The summed E-state index contributed by atoms with van der Waals surface area (Å²) in [6, 6.07) is 8.21. The van der Waals surface area contributed by atoms with Gasteiger partial charge in [0.25, 0.3) is 10.2 Å². The third kappa shape index (κ3) is 4.11. The minimum atomic E-state index is -3.77. The summed E-state index contributed by atoms with van der Waals surface area (Å²) in [6.07, 6.45) is 3.74. The molecule has 5 rings (SSSR count). The van der Waals surface area contributed by atoms with Crippen LogP contribution in [0.1, 0.15) is 5.56 Å². The van der Waals surface area contributed by atoms with Gasteiger partial charge >= 0.3 is 0 Å². The molecule has 1 saturated heterocycles. The molecule has 0 saturated carbocycles. The van der Waals surface area contributed by atoms with Crippen LogP contribution in [-0.2, 0) is 21.4 Å². The molecule has 2 aliphatic heterocycles. The van der Waals surface area contributed by atoms with E-state index in [2.05, 4.69) is 34.0 Å². The first-order valence-corrected chi connectivity index (χ1v) is 11.9. The molecule has 0 bridgehead atoms. The van der Waals surface area contributed by atoms with E-state index in [4.69, 9.17) is 19.6 Å². The molecule has 2 aliphatic rings. The zero-order valence-corrected chi connectivity index (χ0v) is 18.5. The Hall–Kier alpha value is -2.86. The molecule has 0 radical (unpaired) electrons. The highest BCUT2D eigenvalue weighted by atomic mass is 32.2. The number of ether oxygens (including phenoxy) is 2. The van der Waals surface area contributed by atoms with Gasteiger partial charge < -0.3 is 14.4 Å². The summed E-state index contributed by atoms with van der Waals surface area (Å²) < 4.78 is 36.1. The fourth-order valence-electron chi connectivity index (χ4n) is 4.11. The van der Waals surface area contributed by atoms with Crippen molar-refractivity contribution in [2.75, 3.05) is 44.8 Å². The van der Waals surface area contributed by atoms with Crippen molar-refractivity contribution in [3.63, 3.8) is 0 Å². The van der Waals surface area contributed by atoms with Crippen molar-refractivity contribution in [1.29, 1.82) is 0 Å². The van der Waals surface area contributed by atoms with Crippen LogP contribution in [-0.4, -0.2) is 73.7 Å². The van der Waals surface area contributed by atoms with Crippen LogP contribution >= 0.6 is 0 Å². The number of benzene rings is 1. The van der Waals surface area contributed by atoms with Crippen molar-refractivity contribution < 1.29 is 17.9 Å². The first kappa shape index (κ1) is 21.0. The summed E-state index contributed by atoms with van der Waals surface area (Å²) in [5.74, 6) is 0.333. The van der Waals surface area contributed by atoms with Crippen LogP contribution in [0.5, 0.6) is 5.88 Å². The average Bonchev–Trinajstić information content (AvgIpc) is 3.17. The van der Waals surface area contributed by atoms with Gasteiger partial charge in [-0.2, -0.15) is 12.7 Å². The monoisotopic (exact) mass is 456 g/mol. The van der Waals surface area contributed by atoms with E-state index in [9.17, 15) is 8.42 Å². The molecule has 0 aliphatic carbocycles. The SMILES string of the molecule is CN1CCc2cc(-c3cc4nccnc4c(OC[C@@H]4CN(S(N)(=O)=O)CCO4)n3)ccc21. The number of likely N-dealkylation sites (N-methyl/N-ethyl adjacent to an activating group) is 1. The number of hydrogen-bond acceptors (Lipinski definition) is 8. The molecule has 0 spiro atoms. The highest BCUT2D eigenvalue weighted by Crippen LogP contribution is 2.33. The topological polar surface area (TPSA) is 124 Å². The third-order valence-corrected chi connectivity index (χ3v) is 6.85. The Labute approximate surface area is 186 Å². The molecule has 4 heterocycles. The molecule has 2 aromatic heterocycles. The molecular weight excluding hydrogens is 432 g/mol. The van der Waals surface area contributed by atoms with E-state index in [1.807, 2.05) is 12.1 Å². The number of morpholine rings is 1. The second kappa shape index (κ2) is 8.24. The number of hydrogen-bond donors (Lipinski definition) is 1. The van der Waals surface area contributed by atoms with E-state index < -0.39 is 16.3 Å². The van der Waals surface area contributed by atoms with Gasteiger partial charge in [-0.3, -0.25) is 4.98 Å². The summed E-state index contributed by atoms with van der Waals surface area (Å²) in [7, 11) is -1.68. The summed E-state index contributed by atoms with van der Waals surface area (Å²) in [5, 5.41) is 5.25. The van der Waals surface area contributed by atoms with Gasteiger partial charge in [-0.25, -0.2) is 15.1 Å². The largest absolute Gasteiger partial charge is 0.473 e. The molecule has 11 heteroatoms. The van der Waals surface area contributed by atoms with Crippen molar-refractivity contribution in [1.82, 2.24) is 19.3 Å². The lowest BCUT2D eigenvalue weighted by Crippen LogP contribution is -2.49. The van der Waals surface area contributed by atoms with Gasteiger partial charge in [-0.05, 0) is 30.2 Å². The smallest absolute Gasteiger partial charge is 0.277 e. The molecule has 3 aromatic rings. The number of nitrogens with two attached hydrogens (primary N) is 1. The first-order chi connectivity index (χ1) is 15.4. The van der Waals surface area contributed by atoms with Crippen molar-refractivity contribution >= 4 is 26.9 Å². The van der Waals surface area contributed by atoms with E-state index in [1.54, 1.807) is 12.4 Å². The molecule has 0 amide bonds. The van der Waals surface area contributed by atoms with Crippen LogP contribution in [0.3, 0.4) is 0 Å². The van der Waals surface area contributed by atoms with E-state index in [1.165, 1.54) is 15.6 Å². The Morgan fingerprint density at radius 1 is 1.22 bits per heavy atom. The van der Waals surface area contributed by atoms with Crippen molar-refractivity contribution in [2.24, 2.45) is 5.14 Å². The van der Waals surface area contributed by atoms with Crippen molar-refractivity contribution in [2.45, 2.75) is 12.5 Å². The molecule has 1 aromatic carbocycles. The average molecular weight is 457 g/mol. The van der Waals surface area contributed by atoms with Gasteiger partial charge in [0.1, 0.15) is 12.7 Å². The van der Waals surface area contributed by atoms with Crippen molar-refractivity contribution in [3.8, 4) is 17.1 Å². The highest BCUT2D eigenvalue weighted by molar-refractivity contribution is 7.86. The number of rotatable bonds is 5. The van der Waals surface area contributed by atoms with Crippen LogP contribution in [0, 0.1) is 0 Å². The van der Waals surface area contributed by atoms with Gasteiger partial charge in [0.15, 0.2) is 5.52 Å². The minimum absolute atomic E-state index is 0.114. The van der Waals surface area contributed by atoms with Crippen LogP contribution in [0.25, 0.3) is 22.3 Å². The second-order valence-electron chi connectivity index (χ2n) is 7.96. The molecule has 10 nitrogen and oxygen atoms in total. The quantitative estimate of drug-likeness (QED) is 0.602. The Morgan fingerprint density at radius 2 is 2.06 bits per heavy atom. The zero-order valence-electron chi connectivity index (χ0n) is 17.6. The van der Waals surface area contributed by atoms with Crippen LogP contribution in [0.2, 0.25) is 0 Å². The maximum atomic E-state index is 11.7. The lowest BCUT2D eigenvalue weighted by Gasteiger charge is -2.30. The molecular formula is C21H24N6O4S. The van der Waals surface area contributed by atoms with Crippen molar-refractivity contribution in [3.05, 3.63) is 42.2 Å². The fourth-order valence-corrected chi connectivity index (χ4v) is 4.82. The molecule has 1 fully saturated rings. The van der Waals surface area contributed by atoms with Crippen LogP contribution < -0.4 is 14.8 Å². The second-order valence-corrected chi connectivity index (χ2v) is 9.50. The summed E-state index contributed by atoms with van der Waals surface area (Å²) in [5.41, 5.74) is 5.44. The van der Waals surface area contributed by atoms with Gasteiger partial charge in [-0.1, -0.05) is 6.07 Å². The molecule has 32 heavy (non-hydrogen) atoms. The lowest BCUT2D eigenvalue weighted by molar-refractivity contribution is -0.0254. The maximum absolute atomic E-state index is 11.7. The number of aromatic nitrogens is 3. The molecule has 2 N–H and O–H groups in total. The summed E-state index contributed by atoms with van der Waals surface area (Å²) >= 11 is 0. The maximum Gasteiger partial charge on any atom is 0.277 e. The van der Waals surface area contributed by atoms with E-state index in [-0.39, 0.29) is 26.3 Å². The highest BCUT2D eigenvalue weighted by Gasteiger charge is 2.28. The van der Waals surface area contributed by atoms with Gasteiger partial charge in [0.2, 0.25) is 5.88 Å². The predicted octanol–water partition coefficient (Wildman–Crippen LogP) is 0.967. The zero-order chi connectivity index (χ0) is 22.3. The van der Waals surface area contributed by atoms with Crippen LogP contribution in [0.4, 0.5) is 5.69 Å². The summed E-state index contributed by atoms with van der Waals surface area (Å²) in [6.45, 7) is 1.72. The summed E-state index contributed by atoms with van der Waals surface area (Å²) in [4.78, 5) is 15.8. The van der Waals surface area contributed by atoms with Gasteiger partial charge in [-0.15, -0.1) is 0 Å². The normalized spacial score (nSPS) is 19.3. The Bertz CT molecular complexity index is 1270. The Morgan fingerprint density at radius 3 is 2.91 bits per heavy atom. The van der Waals surface area contributed by atoms with E-state index in [0.717, 1.165) is 24.2 Å². The van der Waals surface area contributed by atoms with E-state index in [0.29, 0.717) is 16.9 Å². The number of anilines is 1. The number of nitrogens with zero attached hydrogens (tertiary/aromatic N) is 5. The number of pyridine rings is 1. The van der Waals surface area contributed by atoms with Crippen LogP contribution in [0.15, 0.2) is 36.7 Å². The molecule has 0 unspecified atom stereocenters. The van der Waals surface area contributed by atoms with Gasteiger partial charge in [0, 0.05) is 50.3 Å². The Balaban J connectivity index is 1.43. The van der Waals surface area contributed by atoms with Gasteiger partial charge in [0.05, 0.1) is 17.8 Å². The van der Waals surface area contributed by atoms with E-state index >= 15 is 0 Å². The minimum Gasteiger partial charge on any atom is -0.473 e. The first-order valence-electron chi connectivity index (χ1n) is 10.4. The lowest BCUT2D eigenvalue weighted by atomic mass is 10.1.